The van der Waals surface area contributed by atoms with E-state index in [-0.39, 0.29) is 22.4 Å². The summed E-state index contributed by atoms with van der Waals surface area (Å²) in [6.45, 7) is 22.3. The molecule has 0 bridgehead atoms. The van der Waals surface area contributed by atoms with Crippen molar-refractivity contribution in [3.8, 4) is 34.0 Å². The Bertz CT molecular complexity index is 1870. The summed E-state index contributed by atoms with van der Waals surface area (Å²) in [6.07, 6.45) is 1.94. The Morgan fingerprint density at radius 3 is 1.91 bits per heavy atom. The van der Waals surface area contributed by atoms with Crippen molar-refractivity contribution in [2.75, 3.05) is 5.32 Å². The highest BCUT2D eigenvalue weighted by molar-refractivity contribution is 7.17. The minimum Gasteiger partial charge on any atom is -0.544 e. The van der Waals surface area contributed by atoms with Crippen LogP contribution in [-0.4, -0.2) is 32.5 Å². The van der Waals surface area contributed by atoms with Crippen LogP contribution in [0.15, 0.2) is 84.4 Å². The molecule has 0 atom stereocenters. The van der Waals surface area contributed by atoms with Gasteiger partial charge in [0, 0.05) is 26.6 Å². The van der Waals surface area contributed by atoms with E-state index in [2.05, 4.69) is 90.6 Å². The zero-order chi connectivity index (χ0) is 34.2. The normalized spacial score (nSPS) is 12.6. The fourth-order valence-corrected chi connectivity index (χ4v) is 7.60. The molecule has 0 aliphatic rings. The Balaban J connectivity index is 1.40. The number of thiophene rings is 1. The van der Waals surface area contributed by atoms with Crippen LogP contribution in [0.3, 0.4) is 0 Å². The fraction of sp³-hybridized carbons (Fsp3) is 0.342. The predicted molar refractivity (Wildman–Crippen MR) is 203 cm³/mol. The summed E-state index contributed by atoms with van der Waals surface area (Å²) in [7, 11) is -3.90. The number of aromatic nitrogens is 2. The van der Waals surface area contributed by atoms with Crippen molar-refractivity contribution < 1.29 is 13.6 Å². The number of carbonyl (C=O) groups excluding carboxylic acids is 1. The Labute approximate surface area is 285 Å². The third-order valence-corrected chi connectivity index (χ3v) is 19.2. The highest BCUT2D eigenvalue weighted by Crippen LogP contribution is 2.40. The van der Waals surface area contributed by atoms with Gasteiger partial charge in [-0.3, -0.25) is 4.79 Å². The predicted octanol–water partition coefficient (Wildman–Crippen LogP) is 11.0. The highest BCUT2D eigenvalue weighted by Gasteiger charge is 2.39. The maximum Gasteiger partial charge on any atom is 0.250 e. The number of carbonyl (C=O) groups is 1. The van der Waals surface area contributed by atoms with Crippen LogP contribution in [0, 0.1) is 0 Å². The molecule has 5 rings (SSSR count). The Hall–Kier alpha value is -3.80. The Morgan fingerprint density at radius 1 is 0.787 bits per heavy atom. The third kappa shape index (κ3) is 7.85. The van der Waals surface area contributed by atoms with Gasteiger partial charge >= 0.3 is 0 Å². The smallest absolute Gasteiger partial charge is 0.250 e. The van der Waals surface area contributed by atoms with E-state index in [0.29, 0.717) is 11.5 Å². The van der Waals surface area contributed by atoms with E-state index in [1.54, 1.807) is 17.5 Å². The van der Waals surface area contributed by atoms with Gasteiger partial charge in [-0.1, -0.05) is 71.9 Å². The minimum atomic E-state index is -1.96. The quantitative estimate of drug-likeness (QED) is 0.157. The highest BCUT2D eigenvalue weighted by atomic mass is 32.1. The number of nitrogens with one attached hydrogen (secondary N) is 1. The van der Waals surface area contributed by atoms with Crippen molar-refractivity contribution in [1.82, 2.24) is 9.97 Å². The average Bonchev–Trinajstić information content (AvgIpc) is 3.41. The number of anilines is 1. The van der Waals surface area contributed by atoms with Crippen molar-refractivity contribution in [2.45, 2.75) is 84.2 Å². The Kier molecular flexibility index (Phi) is 9.56. The Morgan fingerprint density at radius 2 is 1.34 bits per heavy atom. The number of hydrogen-bond acceptors (Lipinski definition) is 6. The standard InChI is InChI=1S/C38H47N3O3SSi2/c1-37(2,3)46(7,8)43-28-19-15-26(16-20-28)23-34(42)41-36-35(31-25-45-33-14-12-11-13-30(31)33)40-32(24-39-36)27-17-21-29(22-18-27)44-47(9,10)38(4,5)6/h11-22,24-25H,23H2,1-10H3,(H,39,41,42). The molecule has 5 aromatic rings. The molecule has 0 radical (unpaired) electrons. The second-order valence-corrected chi connectivity index (χ2v) is 25.6. The van der Waals surface area contributed by atoms with Crippen molar-refractivity contribution in [3.63, 3.8) is 0 Å². The number of rotatable bonds is 9. The molecule has 0 saturated carbocycles. The van der Waals surface area contributed by atoms with E-state index >= 15 is 0 Å². The van der Waals surface area contributed by atoms with Gasteiger partial charge in [0.05, 0.1) is 18.3 Å². The first-order chi connectivity index (χ1) is 21.9. The van der Waals surface area contributed by atoms with Gasteiger partial charge < -0.3 is 14.2 Å². The summed E-state index contributed by atoms with van der Waals surface area (Å²) in [4.78, 5) is 23.2. The summed E-state index contributed by atoms with van der Waals surface area (Å²) in [5.41, 5.74) is 4.15. The minimum absolute atomic E-state index is 0.107. The number of fused-ring (bicyclic) bond motifs is 1. The van der Waals surface area contributed by atoms with Crippen LogP contribution in [0.4, 0.5) is 5.82 Å². The van der Waals surface area contributed by atoms with Gasteiger partial charge in [0.2, 0.25) is 22.5 Å². The summed E-state index contributed by atoms with van der Waals surface area (Å²) in [5.74, 6) is 1.99. The maximum absolute atomic E-state index is 13.4. The lowest BCUT2D eigenvalue weighted by molar-refractivity contribution is -0.115. The van der Waals surface area contributed by atoms with Crippen LogP contribution >= 0.6 is 11.3 Å². The summed E-state index contributed by atoms with van der Waals surface area (Å²) >= 11 is 1.65. The molecule has 0 aliphatic carbocycles. The van der Waals surface area contributed by atoms with Gasteiger partial charge in [-0.25, -0.2) is 9.97 Å². The first-order valence-electron chi connectivity index (χ1n) is 16.1. The van der Waals surface area contributed by atoms with Crippen LogP contribution in [0.1, 0.15) is 47.1 Å². The second-order valence-electron chi connectivity index (χ2n) is 15.2. The zero-order valence-corrected chi connectivity index (χ0v) is 32.1. The number of hydrogen-bond donors (Lipinski definition) is 1. The summed E-state index contributed by atoms with van der Waals surface area (Å²) in [5, 5.41) is 6.45. The second kappa shape index (κ2) is 13.0. The first kappa shape index (κ1) is 34.5. The van der Waals surface area contributed by atoms with Gasteiger partial charge in [0.1, 0.15) is 17.2 Å². The van der Waals surface area contributed by atoms with E-state index in [4.69, 9.17) is 18.8 Å². The van der Waals surface area contributed by atoms with E-state index in [1.807, 2.05) is 60.7 Å². The lowest BCUT2D eigenvalue weighted by Gasteiger charge is -2.36. The fourth-order valence-electron chi connectivity index (χ4n) is 4.59. The van der Waals surface area contributed by atoms with Crippen molar-refractivity contribution in [3.05, 3.63) is 89.9 Å². The van der Waals surface area contributed by atoms with E-state index in [9.17, 15) is 4.79 Å². The molecule has 6 nitrogen and oxygen atoms in total. The van der Waals surface area contributed by atoms with Crippen molar-refractivity contribution >= 4 is 49.8 Å². The average molecular weight is 682 g/mol. The van der Waals surface area contributed by atoms with Gasteiger partial charge in [-0.05, 0) is 84.3 Å². The van der Waals surface area contributed by atoms with Crippen LogP contribution in [0.2, 0.25) is 36.3 Å². The molecule has 0 aliphatic heterocycles. The van der Waals surface area contributed by atoms with Crippen molar-refractivity contribution in [1.29, 1.82) is 0 Å². The van der Waals surface area contributed by atoms with Crippen LogP contribution in [0.25, 0.3) is 32.6 Å². The van der Waals surface area contributed by atoms with E-state index < -0.39 is 16.6 Å². The molecule has 3 aromatic carbocycles. The van der Waals surface area contributed by atoms with Gasteiger partial charge in [0.15, 0.2) is 5.82 Å². The molecule has 2 heterocycles. The van der Waals surface area contributed by atoms with Gasteiger partial charge in [-0.2, -0.15) is 0 Å². The molecule has 47 heavy (non-hydrogen) atoms. The molecule has 0 unspecified atom stereocenters. The number of nitrogens with zero attached hydrogens (tertiary/aromatic N) is 2. The van der Waals surface area contributed by atoms with Crippen molar-refractivity contribution in [2.24, 2.45) is 0 Å². The maximum atomic E-state index is 13.4. The summed E-state index contributed by atoms with van der Waals surface area (Å²) < 4.78 is 14.1. The molecule has 1 amide bonds. The lowest BCUT2D eigenvalue weighted by atomic mass is 10.1. The third-order valence-electron chi connectivity index (χ3n) is 9.56. The number of benzene rings is 3. The first-order valence-corrected chi connectivity index (χ1v) is 22.8. The molecule has 9 heteroatoms. The topological polar surface area (TPSA) is 73.3 Å². The molecule has 0 fully saturated rings. The van der Waals surface area contributed by atoms with Gasteiger partial charge in [0.25, 0.3) is 0 Å². The molecule has 0 saturated heterocycles. The lowest BCUT2D eigenvalue weighted by Crippen LogP contribution is -2.43. The van der Waals surface area contributed by atoms with Crippen LogP contribution in [0.5, 0.6) is 11.5 Å². The number of amides is 1. The van der Waals surface area contributed by atoms with E-state index in [1.165, 1.54) is 0 Å². The van der Waals surface area contributed by atoms with Crippen LogP contribution < -0.4 is 14.2 Å². The van der Waals surface area contributed by atoms with Gasteiger partial charge in [-0.15, -0.1) is 11.3 Å². The molecule has 1 N–H and O–H groups in total. The SMILES string of the molecule is CC(C)(C)[Si](C)(C)Oc1ccc(CC(=O)Nc2ncc(-c3ccc(O[Si](C)(C)C(C)(C)C)cc3)nc2-c2csc3ccccc23)cc1. The van der Waals surface area contributed by atoms with Crippen LogP contribution in [-0.2, 0) is 11.2 Å². The molecule has 2 aromatic heterocycles. The summed E-state index contributed by atoms with van der Waals surface area (Å²) in [6, 6.07) is 24.2. The molecular formula is C38H47N3O3SSi2. The largest absolute Gasteiger partial charge is 0.544 e. The molecule has 246 valence electrons. The monoisotopic (exact) mass is 681 g/mol. The molecule has 0 spiro atoms. The molecular weight excluding hydrogens is 635 g/mol. The zero-order valence-electron chi connectivity index (χ0n) is 29.3. The van der Waals surface area contributed by atoms with E-state index in [0.717, 1.165) is 44.0 Å².